The minimum absolute atomic E-state index is 0.140. The third kappa shape index (κ3) is 3.20. The lowest BCUT2D eigenvalue weighted by atomic mass is 9.89. The molecular formula is C15H19NO3. The van der Waals surface area contributed by atoms with Crippen LogP contribution in [0.5, 0.6) is 0 Å². The van der Waals surface area contributed by atoms with E-state index in [1.165, 1.54) is 17.5 Å². The number of carbonyl (C=O) groups excluding carboxylic acids is 1. The van der Waals surface area contributed by atoms with E-state index in [1.54, 1.807) is 7.05 Å². The number of fused-ring (bicyclic) bond motifs is 1. The molecule has 0 amide bonds. The van der Waals surface area contributed by atoms with E-state index < -0.39 is 12.0 Å². The lowest BCUT2D eigenvalue weighted by Crippen LogP contribution is -2.36. The topological polar surface area (TPSA) is 66.4 Å². The highest BCUT2D eigenvalue weighted by Gasteiger charge is 2.22. The molecule has 1 aliphatic carbocycles. The van der Waals surface area contributed by atoms with Crippen LogP contribution in [-0.2, 0) is 17.6 Å². The van der Waals surface area contributed by atoms with Gasteiger partial charge in [0.15, 0.2) is 5.78 Å². The van der Waals surface area contributed by atoms with Crippen LogP contribution in [0, 0.1) is 0 Å². The number of carboxylic acids is 1. The van der Waals surface area contributed by atoms with Gasteiger partial charge < -0.3 is 10.4 Å². The molecule has 102 valence electrons. The molecule has 0 fully saturated rings. The van der Waals surface area contributed by atoms with E-state index in [1.807, 2.05) is 18.2 Å². The highest BCUT2D eigenvalue weighted by atomic mass is 16.4. The van der Waals surface area contributed by atoms with Gasteiger partial charge in [0.1, 0.15) is 0 Å². The van der Waals surface area contributed by atoms with Gasteiger partial charge in [0, 0.05) is 5.56 Å². The summed E-state index contributed by atoms with van der Waals surface area (Å²) in [5.74, 6) is -1.11. The summed E-state index contributed by atoms with van der Waals surface area (Å²) in [6.07, 6.45) is 4.27. The standard InChI is InChI=1S/C15H19NO3/c1-16-13(9-14(17)18)15(19)12-7-6-10-4-2-3-5-11(10)8-12/h6-8,13,16H,2-5,9H2,1H3,(H,17,18). The van der Waals surface area contributed by atoms with E-state index in [0.717, 1.165) is 19.3 Å². The second kappa shape index (κ2) is 5.97. The average molecular weight is 261 g/mol. The van der Waals surface area contributed by atoms with E-state index in [4.69, 9.17) is 5.11 Å². The molecule has 0 saturated carbocycles. The second-order valence-electron chi connectivity index (χ2n) is 4.99. The lowest BCUT2D eigenvalue weighted by Gasteiger charge is -2.18. The van der Waals surface area contributed by atoms with Crippen LogP contribution >= 0.6 is 0 Å². The molecule has 0 bridgehead atoms. The maximum absolute atomic E-state index is 12.3. The first-order valence-electron chi connectivity index (χ1n) is 6.67. The number of aryl methyl sites for hydroxylation is 2. The number of Topliss-reactive ketones (excluding diaryl/α,β-unsaturated/α-hetero) is 1. The van der Waals surface area contributed by atoms with E-state index in [-0.39, 0.29) is 12.2 Å². The summed E-state index contributed by atoms with van der Waals surface area (Å²) in [5, 5.41) is 11.6. The van der Waals surface area contributed by atoms with Crippen LogP contribution in [0.2, 0.25) is 0 Å². The summed E-state index contributed by atoms with van der Waals surface area (Å²) in [4.78, 5) is 23.0. The molecule has 19 heavy (non-hydrogen) atoms. The first-order valence-corrected chi connectivity index (χ1v) is 6.67. The van der Waals surface area contributed by atoms with Gasteiger partial charge in [-0.05, 0) is 49.9 Å². The van der Waals surface area contributed by atoms with Crippen molar-refractivity contribution in [3.05, 3.63) is 34.9 Å². The third-order valence-corrected chi connectivity index (χ3v) is 3.68. The number of carbonyl (C=O) groups is 2. The van der Waals surface area contributed by atoms with Gasteiger partial charge in [-0.1, -0.05) is 12.1 Å². The zero-order valence-corrected chi connectivity index (χ0v) is 11.1. The summed E-state index contributed by atoms with van der Waals surface area (Å²) >= 11 is 0. The predicted molar refractivity (Wildman–Crippen MR) is 72.5 cm³/mol. The van der Waals surface area contributed by atoms with Gasteiger partial charge in [-0.15, -0.1) is 0 Å². The molecule has 0 aliphatic heterocycles. The molecule has 0 spiro atoms. The molecule has 2 N–H and O–H groups in total. The number of nitrogens with one attached hydrogen (secondary N) is 1. The van der Waals surface area contributed by atoms with Crippen molar-refractivity contribution in [1.82, 2.24) is 5.32 Å². The Hall–Kier alpha value is -1.68. The minimum atomic E-state index is -0.967. The van der Waals surface area contributed by atoms with Crippen LogP contribution < -0.4 is 5.32 Å². The first kappa shape index (κ1) is 13.7. The first-order chi connectivity index (χ1) is 9.11. The molecule has 2 rings (SSSR count). The smallest absolute Gasteiger partial charge is 0.305 e. The number of benzene rings is 1. The van der Waals surface area contributed by atoms with Crippen LogP contribution in [0.3, 0.4) is 0 Å². The van der Waals surface area contributed by atoms with E-state index in [2.05, 4.69) is 5.32 Å². The number of carboxylic acid groups (broad SMARTS) is 1. The predicted octanol–water partition coefficient (Wildman–Crippen LogP) is 1.81. The number of rotatable bonds is 5. The number of likely N-dealkylation sites (N-methyl/N-ethyl adjacent to an activating group) is 1. The van der Waals surface area contributed by atoms with Crippen molar-refractivity contribution in [1.29, 1.82) is 0 Å². The average Bonchev–Trinajstić information content (AvgIpc) is 2.43. The largest absolute Gasteiger partial charge is 0.481 e. The third-order valence-electron chi connectivity index (χ3n) is 3.68. The quantitative estimate of drug-likeness (QED) is 0.793. The van der Waals surface area contributed by atoms with Crippen molar-refractivity contribution in [3.63, 3.8) is 0 Å². The van der Waals surface area contributed by atoms with Gasteiger partial charge in [0.25, 0.3) is 0 Å². The molecular weight excluding hydrogens is 242 g/mol. The molecule has 4 heteroatoms. The number of hydrogen-bond acceptors (Lipinski definition) is 3. The van der Waals surface area contributed by atoms with Gasteiger partial charge in [0.05, 0.1) is 12.5 Å². The zero-order chi connectivity index (χ0) is 13.8. The molecule has 0 heterocycles. The van der Waals surface area contributed by atoms with Crippen molar-refractivity contribution < 1.29 is 14.7 Å². The fraction of sp³-hybridized carbons (Fsp3) is 0.467. The van der Waals surface area contributed by atoms with Crippen molar-refractivity contribution in [2.75, 3.05) is 7.05 Å². The summed E-state index contributed by atoms with van der Waals surface area (Å²) in [7, 11) is 1.61. The van der Waals surface area contributed by atoms with Crippen molar-refractivity contribution in [2.24, 2.45) is 0 Å². The van der Waals surface area contributed by atoms with Crippen molar-refractivity contribution >= 4 is 11.8 Å². The molecule has 1 aliphatic rings. The SMILES string of the molecule is CNC(CC(=O)O)C(=O)c1ccc2c(c1)CCCC2. The molecule has 1 aromatic rings. The molecule has 1 atom stereocenters. The maximum Gasteiger partial charge on any atom is 0.305 e. The van der Waals surface area contributed by atoms with Crippen molar-refractivity contribution in [3.8, 4) is 0 Å². The van der Waals surface area contributed by atoms with Crippen LogP contribution in [0.25, 0.3) is 0 Å². The Morgan fingerprint density at radius 1 is 1.26 bits per heavy atom. The summed E-state index contributed by atoms with van der Waals surface area (Å²) < 4.78 is 0. The Morgan fingerprint density at radius 2 is 1.95 bits per heavy atom. The Morgan fingerprint density at radius 3 is 2.58 bits per heavy atom. The van der Waals surface area contributed by atoms with Gasteiger partial charge in [0.2, 0.25) is 0 Å². The fourth-order valence-electron chi connectivity index (χ4n) is 2.59. The van der Waals surface area contributed by atoms with Gasteiger partial charge in [-0.25, -0.2) is 0 Å². The summed E-state index contributed by atoms with van der Waals surface area (Å²) in [6.45, 7) is 0. The highest BCUT2D eigenvalue weighted by Crippen LogP contribution is 2.23. The van der Waals surface area contributed by atoms with E-state index >= 15 is 0 Å². The summed E-state index contributed by atoms with van der Waals surface area (Å²) in [5.41, 5.74) is 3.17. The molecule has 1 unspecified atom stereocenters. The number of aliphatic carboxylic acids is 1. The lowest BCUT2D eigenvalue weighted by molar-refractivity contribution is -0.137. The highest BCUT2D eigenvalue weighted by molar-refractivity contribution is 6.01. The summed E-state index contributed by atoms with van der Waals surface area (Å²) in [6, 6.07) is 5.11. The molecule has 0 radical (unpaired) electrons. The minimum Gasteiger partial charge on any atom is -0.481 e. The monoisotopic (exact) mass is 261 g/mol. The van der Waals surface area contributed by atoms with Crippen LogP contribution in [0.4, 0.5) is 0 Å². The normalized spacial score (nSPS) is 15.6. The van der Waals surface area contributed by atoms with Crippen LogP contribution in [-0.4, -0.2) is 29.9 Å². The Balaban J connectivity index is 2.20. The Kier molecular flexibility index (Phi) is 4.32. The van der Waals surface area contributed by atoms with Crippen LogP contribution in [0.1, 0.15) is 40.7 Å². The van der Waals surface area contributed by atoms with Crippen LogP contribution in [0.15, 0.2) is 18.2 Å². The van der Waals surface area contributed by atoms with E-state index in [0.29, 0.717) is 5.56 Å². The van der Waals surface area contributed by atoms with Gasteiger partial charge in [-0.2, -0.15) is 0 Å². The number of hydrogen-bond donors (Lipinski definition) is 2. The van der Waals surface area contributed by atoms with Gasteiger partial charge in [-0.3, -0.25) is 9.59 Å². The molecule has 0 saturated heterocycles. The molecule has 1 aromatic carbocycles. The van der Waals surface area contributed by atoms with Gasteiger partial charge >= 0.3 is 5.97 Å². The molecule has 4 nitrogen and oxygen atoms in total. The zero-order valence-electron chi connectivity index (χ0n) is 11.1. The Bertz CT molecular complexity index is 496. The maximum atomic E-state index is 12.3. The van der Waals surface area contributed by atoms with Crippen molar-refractivity contribution in [2.45, 2.75) is 38.1 Å². The fourth-order valence-corrected chi connectivity index (χ4v) is 2.59. The number of ketones is 1. The molecule has 0 aromatic heterocycles. The Labute approximate surface area is 112 Å². The van der Waals surface area contributed by atoms with E-state index in [9.17, 15) is 9.59 Å². The second-order valence-corrected chi connectivity index (χ2v) is 4.99.